The van der Waals surface area contributed by atoms with Gasteiger partial charge in [-0.05, 0) is 18.6 Å². The number of hydrogen-bond donors (Lipinski definition) is 0. The van der Waals surface area contributed by atoms with Crippen LogP contribution in [0.2, 0.25) is 0 Å². The Kier molecular flexibility index (Phi) is 4.05. The van der Waals surface area contributed by atoms with Gasteiger partial charge in [0.2, 0.25) is 5.13 Å². The van der Waals surface area contributed by atoms with Crippen molar-refractivity contribution in [3.63, 3.8) is 0 Å². The van der Waals surface area contributed by atoms with E-state index in [-0.39, 0.29) is 5.56 Å². The lowest BCUT2D eigenvalue weighted by molar-refractivity contribution is -0.139. The number of ether oxygens (including phenoxy) is 1. The highest BCUT2D eigenvalue weighted by molar-refractivity contribution is 7.15. The summed E-state index contributed by atoms with van der Waals surface area (Å²) in [4.78, 5) is 1.92. The highest BCUT2D eigenvalue weighted by atomic mass is 32.1. The summed E-state index contributed by atoms with van der Waals surface area (Å²) < 4.78 is 45.0. The Hall–Kier alpha value is -1.67. The lowest BCUT2D eigenvalue weighted by Crippen LogP contribution is -2.39. The van der Waals surface area contributed by atoms with E-state index in [1.807, 2.05) is 11.8 Å². The van der Waals surface area contributed by atoms with E-state index in [9.17, 15) is 13.2 Å². The van der Waals surface area contributed by atoms with E-state index in [0.29, 0.717) is 19.7 Å². The SMILES string of the molecule is Cc1nnc(N2CCO[C@@H](c3ccccc3C(F)(F)F)C2)s1. The van der Waals surface area contributed by atoms with Crippen LogP contribution in [0.3, 0.4) is 0 Å². The number of anilines is 1. The first kappa shape index (κ1) is 15.2. The van der Waals surface area contributed by atoms with Crippen molar-refractivity contribution in [2.45, 2.75) is 19.2 Å². The van der Waals surface area contributed by atoms with Crippen molar-refractivity contribution in [3.05, 3.63) is 40.4 Å². The normalized spacial score (nSPS) is 19.5. The molecule has 1 aromatic carbocycles. The Morgan fingerprint density at radius 3 is 2.73 bits per heavy atom. The van der Waals surface area contributed by atoms with E-state index >= 15 is 0 Å². The monoisotopic (exact) mass is 329 g/mol. The van der Waals surface area contributed by atoms with E-state index in [0.717, 1.165) is 16.2 Å². The van der Waals surface area contributed by atoms with Crippen LogP contribution >= 0.6 is 11.3 Å². The summed E-state index contributed by atoms with van der Waals surface area (Å²) in [6, 6.07) is 5.55. The molecule has 1 atom stereocenters. The maximum atomic E-state index is 13.1. The number of halogens is 3. The molecule has 0 aliphatic carbocycles. The average molecular weight is 329 g/mol. The fraction of sp³-hybridized carbons (Fsp3) is 0.429. The smallest absolute Gasteiger partial charge is 0.370 e. The van der Waals surface area contributed by atoms with Crippen LogP contribution in [0.25, 0.3) is 0 Å². The predicted octanol–water partition coefficient (Wildman–Crippen LogP) is 3.44. The second-order valence-electron chi connectivity index (χ2n) is 4.99. The first-order chi connectivity index (χ1) is 10.4. The maximum absolute atomic E-state index is 13.1. The summed E-state index contributed by atoms with van der Waals surface area (Å²) in [6.45, 7) is 3.13. The van der Waals surface area contributed by atoms with Gasteiger partial charge in [0, 0.05) is 6.54 Å². The Balaban J connectivity index is 1.86. The predicted molar refractivity (Wildman–Crippen MR) is 77.0 cm³/mol. The molecule has 22 heavy (non-hydrogen) atoms. The standard InChI is InChI=1S/C14H14F3N3OS/c1-9-18-19-13(22-9)20-6-7-21-12(8-20)10-4-2-3-5-11(10)14(15,16)17/h2-5,12H,6-8H2,1H3/t12-/m1/s1. The molecular formula is C14H14F3N3OS. The molecule has 0 spiro atoms. The summed E-state index contributed by atoms with van der Waals surface area (Å²) in [5.74, 6) is 0. The van der Waals surface area contributed by atoms with Gasteiger partial charge < -0.3 is 9.64 Å². The van der Waals surface area contributed by atoms with Crippen LogP contribution in [0, 0.1) is 6.92 Å². The van der Waals surface area contributed by atoms with Crippen molar-refractivity contribution in [2.24, 2.45) is 0 Å². The molecule has 2 heterocycles. The van der Waals surface area contributed by atoms with E-state index < -0.39 is 17.8 Å². The maximum Gasteiger partial charge on any atom is 0.416 e. The molecule has 0 unspecified atom stereocenters. The number of nitrogens with zero attached hydrogens (tertiary/aromatic N) is 3. The number of aryl methyl sites for hydroxylation is 1. The van der Waals surface area contributed by atoms with Gasteiger partial charge in [-0.3, -0.25) is 0 Å². The molecule has 1 saturated heterocycles. The highest BCUT2D eigenvalue weighted by Crippen LogP contribution is 2.37. The molecule has 118 valence electrons. The molecule has 0 saturated carbocycles. The summed E-state index contributed by atoms with van der Waals surface area (Å²) in [5.41, 5.74) is -0.476. The fourth-order valence-electron chi connectivity index (χ4n) is 2.46. The number of aromatic nitrogens is 2. The lowest BCUT2D eigenvalue weighted by atomic mass is 10.0. The fourth-order valence-corrected chi connectivity index (χ4v) is 3.18. The summed E-state index contributed by atoms with van der Waals surface area (Å²) in [7, 11) is 0. The molecule has 4 nitrogen and oxygen atoms in total. The van der Waals surface area contributed by atoms with Gasteiger partial charge in [-0.25, -0.2) is 0 Å². The largest absolute Gasteiger partial charge is 0.416 e. The Labute approximate surface area is 129 Å². The van der Waals surface area contributed by atoms with Crippen molar-refractivity contribution in [1.82, 2.24) is 10.2 Å². The van der Waals surface area contributed by atoms with Crippen LogP contribution in [-0.4, -0.2) is 29.9 Å². The molecular weight excluding hydrogens is 315 g/mol. The van der Waals surface area contributed by atoms with E-state index in [4.69, 9.17) is 4.74 Å². The van der Waals surface area contributed by atoms with Gasteiger partial charge in [-0.2, -0.15) is 13.2 Å². The highest BCUT2D eigenvalue weighted by Gasteiger charge is 2.36. The van der Waals surface area contributed by atoms with E-state index in [2.05, 4.69) is 10.2 Å². The van der Waals surface area contributed by atoms with Gasteiger partial charge in [0.15, 0.2) is 0 Å². The number of benzene rings is 1. The second kappa shape index (κ2) is 5.85. The van der Waals surface area contributed by atoms with Gasteiger partial charge in [0.25, 0.3) is 0 Å². The lowest BCUT2D eigenvalue weighted by Gasteiger charge is -2.33. The van der Waals surface area contributed by atoms with Gasteiger partial charge in [0.05, 0.1) is 18.7 Å². The summed E-state index contributed by atoms with van der Waals surface area (Å²) in [6.07, 6.45) is -5.02. The van der Waals surface area contributed by atoms with Crippen LogP contribution in [0.15, 0.2) is 24.3 Å². The minimum absolute atomic E-state index is 0.168. The molecule has 3 rings (SSSR count). The second-order valence-corrected chi connectivity index (χ2v) is 6.15. The van der Waals surface area contributed by atoms with Crippen molar-refractivity contribution in [3.8, 4) is 0 Å². The number of alkyl halides is 3. The molecule has 1 aromatic heterocycles. The summed E-state index contributed by atoms with van der Waals surface area (Å²) >= 11 is 1.43. The quantitative estimate of drug-likeness (QED) is 0.846. The van der Waals surface area contributed by atoms with Gasteiger partial charge in [-0.15, -0.1) is 10.2 Å². The topological polar surface area (TPSA) is 38.2 Å². The number of hydrogen-bond acceptors (Lipinski definition) is 5. The van der Waals surface area contributed by atoms with Gasteiger partial charge in [-0.1, -0.05) is 29.5 Å². The van der Waals surface area contributed by atoms with Crippen LogP contribution in [0.5, 0.6) is 0 Å². The summed E-state index contributed by atoms with van der Waals surface area (Å²) in [5, 5.41) is 9.55. The van der Waals surface area contributed by atoms with Crippen molar-refractivity contribution in [2.75, 3.05) is 24.6 Å². The Morgan fingerprint density at radius 2 is 2.05 bits per heavy atom. The first-order valence-corrected chi connectivity index (χ1v) is 7.59. The van der Waals surface area contributed by atoms with Crippen molar-refractivity contribution < 1.29 is 17.9 Å². The van der Waals surface area contributed by atoms with Crippen molar-refractivity contribution >= 4 is 16.5 Å². The minimum atomic E-state index is -4.39. The van der Waals surface area contributed by atoms with E-state index in [1.54, 1.807) is 6.07 Å². The van der Waals surface area contributed by atoms with Crippen LogP contribution in [0.1, 0.15) is 22.2 Å². The molecule has 0 amide bonds. The zero-order valence-electron chi connectivity index (χ0n) is 11.8. The first-order valence-electron chi connectivity index (χ1n) is 6.78. The number of morpholine rings is 1. The zero-order valence-corrected chi connectivity index (χ0v) is 12.6. The third-order valence-electron chi connectivity index (χ3n) is 3.47. The Morgan fingerprint density at radius 1 is 1.27 bits per heavy atom. The molecule has 1 fully saturated rings. The zero-order chi connectivity index (χ0) is 15.7. The molecule has 0 radical (unpaired) electrons. The van der Waals surface area contributed by atoms with E-state index in [1.165, 1.54) is 23.5 Å². The third kappa shape index (κ3) is 3.07. The minimum Gasteiger partial charge on any atom is -0.370 e. The van der Waals surface area contributed by atoms with Crippen LogP contribution in [0.4, 0.5) is 18.3 Å². The number of rotatable bonds is 2. The third-order valence-corrected chi connectivity index (χ3v) is 4.36. The molecule has 2 aromatic rings. The average Bonchev–Trinajstić information content (AvgIpc) is 2.93. The molecule has 1 aliphatic rings. The Bertz CT molecular complexity index is 659. The molecule has 0 bridgehead atoms. The molecule has 1 aliphatic heterocycles. The molecule has 0 N–H and O–H groups in total. The van der Waals surface area contributed by atoms with Crippen LogP contribution < -0.4 is 4.90 Å². The molecule has 8 heteroatoms. The van der Waals surface area contributed by atoms with Gasteiger partial charge >= 0.3 is 6.18 Å². The van der Waals surface area contributed by atoms with Crippen LogP contribution in [-0.2, 0) is 10.9 Å². The van der Waals surface area contributed by atoms with Gasteiger partial charge in [0.1, 0.15) is 11.1 Å². The van der Waals surface area contributed by atoms with Crippen molar-refractivity contribution in [1.29, 1.82) is 0 Å².